The van der Waals surface area contributed by atoms with Gasteiger partial charge in [-0.05, 0) is 12.8 Å². The van der Waals surface area contributed by atoms with Crippen LogP contribution in [0.2, 0.25) is 0 Å². The Balaban J connectivity index is 2.62. The molecule has 0 aliphatic carbocycles. The zero-order chi connectivity index (χ0) is 6.24. The minimum Gasteiger partial charge on any atom is -0.371 e. The summed E-state index contributed by atoms with van der Waals surface area (Å²) in [5.41, 5.74) is 0. The highest BCUT2D eigenvalue weighted by molar-refractivity contribution is 4.64. The summed E-state index contributed by atoms with van der Waals surface area (Å²) in [6.45, 7) is 4.00. The third kappa shape index (κ3) is 5.66. The van der Waals surface area contributed by atoms with Gasteiger partial charge in [-0.2, -0.15) is 0 Å². The molecule has 0 aliphatic heterocycles. The summed E-state index contributed by atoms with van der Waals surface area (Å²) >= 11 is 0. The lowest BCUT2D eigenvalue weighted by Crippen LogP contribution is -1.93. The van der Waals surface area contributed by atoms with Gasteiger partial charge in [-0.25, -0.2) is 0 Å². The molecule has 8 heavy (non-hydrogen) atoms. The smallest absolute Gasteiger partial charge is 0.143 e. The van der Waals surface area contributed by atoms with E-state index in [2.05, 4.69) is 11.3 Å². The van der Waals surface area contributed by atoms with Crippen molar-refractivity contribution in [3.05, 3.63) is 12.7 Å². The fraction of sp³-hybridized carbons (Fsp3) is 0.667. The van der Waals surface area contributed by atoms with Crippen LogP contribution in [0.25, 0.3) is 0 Å². The van der Waals surface area contributed by atoms with Crippen molar-refractivity contribution in [2.24, 2.45) is 0 Å². The van der Waals surface area contributed by atoms with E-state index in [1.165, 1.54) is 0 Å². The predicted molar refractivity (Wildman–Crippen MR) is 32.5 cm³/mol. The van der Waals surface area contributed by atoms with Crippen molar-refractivity contribution >= 4 is 0 Å². The van der Waals surface area contributed by atoms with Gasteiger partial charge in [0.25, 0.3) is 0 Å². The van der Waals surface area contributed by atoms with Crippen LogP contribution in [-0.2, 0) is 4.74 Å². The van der Waals surface area contributed by atoms with Gasteiger partial charge in [-0.15, -0.1) is 6.58 Å². The molecule has 0 saturated heterocycles. The normalized spacial score (nSPS) is 9.12. The van der Waals surface area contributed by atoms with E-state index in [1.54, 1.807) is 0 Å². The first-order valence-electron chi connectivity index (χ1n) is 2.71. The molecule has 0 atom stereocenters. The first-order chi connectivity index (χ1) is 3.91. The summed E-state index contributed by atoms with van der Waals surface area (Å²) in [6, 6.07) is 0. The molecule has 0 unspecified atom stereocenters. The van der Waals surface area contributed by atoms with Crippen molar-refractivity contribution in [3.8, 4) is 0 Å². The molecular weight excluding hydrogens is 104 g/mol. The minimum absolute atomic E-state index is 0.170. The molecule has 2 heteroatoms. The maximum atomic E-state index is 8.12. The van der Waals surface area contributed by atoms with Gasteiger partial charge in [0.2, 0.25) is 0 Å². The van der Waals surface area contributed by atoms with Crippen LogP contribution in [0.15, 0.2) is 12.7 Å². The molecule has 0 aromatic heterocycles. The Morgan fingerprint density at radius 1 is 1.62 bits per heavy atom. The highest BCUT2D eigenvalue weighted by atomic mass is 16.6. The lowest BCUT2D eigenvalue weighted by molar-refractivity contribution is -0.00190. The summed E-state index contributed by atoms with van der Waals surface area (Å²) in [5, 5.41) is 8.12. The van der Waals surface area contributed by atoms with E-state index in [4.69, 9.17) is 5.11 Å². The Morgan fingerprint density at radius 3 is 2.88 bits per heavy atom. The molecule has 0 saturated carbocycles. The summed E-state index contributed by atoms with van der Waals surface area (Å²) in [6.07, 6.45) is 3.74. The van der Waals surface area contributed by atoms with E-state index in [9.17, 15) is 0 Å². The number of rotatable bonds is 5. The van der Waals surface area contributed by atoms with Crippen LogP contribution in [0.5, 0.6) is 0 Å². The van der Waals surface area contributed by atoms with Gasteiger partial charge < -0.3 is 9.84 Å². The number of hydrogen-bond acceptors (Lipinski definition) is 2. The van der Waals surface area contributed by atoms with E-state index in [1.807, 2.05) is 6.08 Å². The molecule has 0 spiro atoms. The van der Waals surface area contributed by atoms with Crippen molar-refractivity contribution in [1.82, 2.24) is 0 Å². The summed E-state index contributed by atoms with van der Waals surface area (Å²) in [7, 11) is 0. The Morgan fingerprint density at radius 2 is 2.38 bits per heavy atom. The Kier molecular flexibility index (Phi) is 6.38. The number of aliphatic hydroxyl groups excluding tert-OH is 1. The minimum atomic E-state index is -0.170. The lowest BCUT2D eigenvalue weighted by Gasteiger charge is -1.94. The Labute approximate surface area is 49.8 Å². The van der Waals surface area contributed by atoms with Crippen molar-refractivity contribution in [1.29, 1.82) is 0 Å². The lowest BCUT2D eigenvalue weighted by atomic mass is 10.3. The molecule has 0 aliphatic rings. The van der Waals surface area contributed by atoms with E-state index in [-0.39, 0.29) is 6.79 Å². The number of ether oxygens (including phenoxy) is 1. The van der Waals surface area contributed by atoms with Crippen molar-refractivity contribution < 1.29 is 9.84 Å². The third-order valence-electron chi connectivity index (χ3n) is 0.788. The molecular formula is C6H12O2. The van der Waals surface area contributed by atoms with Gasteiger partial charge in [0.1, 0.15) is 6.79 Å². The second-order valence-corrected chi connectivity index (χ2v) is 1.47. The van der Waals surface area contributed by atoms with Crippen molar-refractivity contribution in [2.45, 2.75) is 12.8 Å². The summed E-state index contributed by atoms with van der Waals surface area (Å²) < 4.78 is 4.64. The molecule has 0 radical (unpaired) electrons. The Bertz CT molecular complexity index is 52.5. The maximum absolute atomic E-state index is 8.12. The SMILES string of the molecule is C=CCCCOCO. The predicted octanol–water partition coefficient (Wildman–Crippen LogP) is 0.919. The zero-order valence-electron chi connectivity index (χ0n) is 4.97. The zero-order valence-corrected chi connectivity index (χ0v) is 4.97. The van der Waals surface area contributed by atoms with Gasteiger partial charge in [0, 0.05) is 6.61 Å². The first kappa shape index (κ1) is 7.66. The van der Waals surface area contributed by atoms with Crippen molar-refractivity contribution in [3.63, 3.8) is 0 Å². The van der Waals surface area contributed by atoms with Crippen LogP contribution in [0, 0.1) is 0 Å². The molecule has 0 bridgehead atoms. The second-order valence-electron chi connectivity index (χ2n) is 1.47. The molecule has 0 rings (SSSR count). The molecule has 0 heterocycles. The van der Waals surface area contributed by atoms with Crippen LogP contribution in [0.3, 0.4) is 0 Å². The molecule has 1 N–H and O–H groups in total. The van der Waals surface area contributed by atoms with Gasteiger partial charge in [-0.3, -0.25) is 0 Å². The summed E-state index contributed by atoms with van der Waals surface area (Å²) in [4.78, 5) is 0. The van der Waals surface area contributed by atoms with Crippen LogP contribution in [0.4, 0.5) is 0 Å². The fourth-order valence-electron chi connectivity index (χ4n) is 0.394. The quantitative estimate of drug-likeness (QED) is 0.329. The summed E-state index contributed by atoms with van der Waals surface area (Å²) in [5.74, 6) is 0. The van der Waals surface area contributed by atoms with E-state index in [0.717, 1.165) is 12.8 Å². The molecule has 0 aromatic carbocycles. The number of hydrogen-bond donors (Lipinski definition) is 1. The standard InChI is InChI=1S/C6H12O2/c1-2-3-4-5-8-6-7/h2,7H,1,3-6H2. The average Bonchev–Trinajstić information content (AvgIpc) is 1.81. The maximum Gasteiger partial charge on any atom is 0.143 e. The highest BCUT2D eigenvalue weighted by Gasteiger charge is 1.80. The molecule has 2 nitrogen and oxygen atoms in total. The van der Waals surface area contributed by atoms with Gasteiger partial charge in [0.05, 0.1) is 0 Å². The molecule has 0 amide bonds. The van der Waals surface area contributed by atoms with E-state index >= 15 is 0 Å². The first-order valence-corrected chi connectivity index (χ1v) is 2.71. The van der Waals surface area contributed by atoms with Crippen LogP contribution >= 0.6 is 0 Å². The van der Waals surface area contributed by atoms with Crippen LogP contribution in [-0.4, -0.2) is 18.5 Å². The molecule has 0 aromatic rings. The fourth-order valence-corrected chi connectivity index (χ4v) is 0.394. The average molecular weight is 116 g/mol. The van der Waals surface area contributed by atoms with Gasteiger partial charge >= 0.3 is 0 Å². The second kappa shape index (κ2) is 6.66. The number of unbranched alkanes of at least 4 members (excludes halogenated alkanes) is 1. The van der Waals surface area contributed by atoms with Gasteiger partial charge in [-0.1, -0.05) is 6.08 Å². The Hall–Kier alpha value is -0.340. The van der Waals surface area contributed by atoms with E-state index < -0.39 is 0 Å². The third-order valence-corrected chi connectivity index (χ3v) is 0.788. The largest absolute Gasteiger partial charge is 0.371 e. The highest BCUT2D eigenvalue weighted by Crippen LogP contribution is 1.88. The van der Waals surface area contributed by atoms with Crippen LogP contribution in [0.1, 0.15) is 12.8 Å². The monoisotopic (exact) mass is 116 g/mol. The van der Waals surface area contributed by atoms with E-state index in [0.29, 0.717) is 6.61 Å². The number of aliphatic hydroxyl groups is 1. The number of allylic oxidation sites excluding steroid dienone is 1. The van der Waals surface area contributed by atoms with Gasteiger partial charge in [0.15, 0.2) is 0 Å². The van der Waals surface area contributed by atoms with Crippen molar-refractivity contribution in [2.75, 3.05) is 13.4 Å². The molecule has 0 fully saturated rings. The topological polar surface area (TPSA) is 29.5 Å². The molecule has 48 valence electrons. The van der Waals surface area contributed by atoms with Crippen LogP contribution < -0.4 is 0 Å².